The van der Waals surface area contributed by atoms with Crippen LogP contribution in [0.2, 0.25) is 0 Å². The Balaban J connectivity index is 1.90. The van der Waals surface area contributed by atoms with Crippen molar-refractivity contribution in [1.82, 2.24) is 14.6 Å². The summed E-state index contributed by atoms with van der Waals surface area (Å²) in [4.78, 5) is 4.50. The second kappa shape index (κ2) is 5.21. The molecule has 0 spiro atoms. The Morgan fingerprint density at radius 1 is 1.05 bits per heavy atom. The van der Waals surface area contributed by atoms with Gasteiger partial charge in [-0.05, 0) is 23.8 Å². The molecule has 0 unspecified atom stereocenters. The standard InChI is InChI=1S/C15H15N3O2/c1-19-12-5-3-4-11(8-12)9-14-16-15-10-13(20-2)6-7-18(15)17-14/h3-8,10H,9H2,1-2H3. The summed E-state index contributed by atoms with van der Waals surface area (Å²) in [6, 6.07) is 11.6. The Labute approximate surface area is 116 Å². The van der Waals surface area contributed by atoms with E-state index in [0.717, 1.165) is 28.5 Å². The van der Waals surface area contributed by atoms with E-state index in [1.807, 2.05) is 42.6 Å². The van der Waals surface area contributed by atoms with Crippen molar-refractivity contribution >= 4 is 5.65 Å². The van der Waals surface area contributed by atoms with Crippen molar-refractivity contribution in [2.75, 3.05) is 14.2 Å². The van der Waals surface area contributed by atoms with Gasteiger partial charge in [0.05, 0.1) is 14.2 Å². The number of hydrogen-bond donors (Lipinski definition) is 0. The number of pyridine rings is 1. The first kappa shape index (κ1) is 12.5. The summed E-state index contributed by atoms with van der Waals surface area (Å²) in [6.07, 6.45) is 2.51. The van der Waals surface area contributed by atoms with Crippen molar-refractivity contribution in [2.24, 2.45) is 0 Å². The highest BCUT2D eigenvalue weighted by molar-refractivity contribution is 5.44. The maximum absolute atomic E-state index is 5.22. The van der Waals surface area contributed by atoms with Crippen LogP contribution in [0.15, 0.2) is 42.6 Å². The lowest BCUT2D eigenvalue weighted by molar-refractivity contribution is 0.414. The zero-order chi connectivity index (χ0) is 13.9. The van der Waals surface area contributed by atoms with E-state index in [9.17, 15) is 0 Å². The predicted molar refractivity (Wildman–Crippen MR) is 75.3 cm³/mol. The molecule has 0 saturated heterocycles. The Morgan fingerprint density at radius 2 is 1.85 bits per heavy atom. The third-order valence-electron chi connectivity index (χ3n) is 3.08. The number of ether oxygens (including phenoxy) is 2. The minimum Gasteiger partial charge on any atom is -0.497 e. The van der Waals surface area contributed by atoms with Gasteiger partial charge in [-0.15, -0.1) is 0 Å². The maximum Gasteiger partial charge on any atom is 0.159 e. The van der Waals surface area contributed by atoms with Gasteiger partial charge in [-0.1, -0.05) is 12.1 Å². The van der Waals surface area contributed by atoms with Gasteiger partial charge in [0.25, 0.3) is 0 Å². The number of benzene rings is 1. The smallest absolute Gasteiger partial charge is 0.159 e. The number of hydrogen-bond acceptors (Lipinski definition) is 4. The lowest BCUT2D eigenvalue weighted by Crippen LogP contribution is -1.93. The van der Waals surface area contributed by atoms with Crippen LogP contribution in [0.5, 0.6) is 11.5 Å². The molecular formula is C15H15N3O2. The number of aromatic nitrogens is 3. The molecule has 5 heteroatoms. The summed E-state index contributed by atoms with van der Waals surface area (Å²) < 4.78 is 12.1. The second-order valence-electron chi connectivity index (χ2n) is 4.43. The van der Waals surface area contributed by atoms with Gasteiger partial charge in [0, 0.05) is 18.7 Å². The Kier molecular flexibility index (Phi) is 3.25. The Morgan fingerprint density at radius 3 is 2.65 bits per heavy atom. The summed E-state index contributed by atoms with van der Waals surface area (Å²) in [7, 11) is 3.30. The van der Waals surface area contributed by atoms with Gasteiger partial charge in [0.2, 0.25) is 0 Å². The van der Waals surface area contributed by atoms with Crippen molar-refractivity contribution in [3.05, 3.63) is 54.0 Å². The van der Waals surface area contributed by atoms with Crippen LogP contribution < -0.4 is 9.47 Å². The summed E-state index contributed by atoms with van der Waals surface area (Å²) >= 11 is 0. The van der Waals surface area contributed by atoms with E-state index in [0.29, 0.717) is 6.42 Å². The fraction of sp³-hybridized carbons (Fsp3) is 0.200. The summed E-state index contributed by atoms with van der Waals surface area (Å²) in [5.41, 5.74) is 1.90. The highest BCUT2D eigenvalue weighted by Crippen LogP contribution is 2.16. The molecule has 2 heterocycles. The third-order valence-corrected chi connectivity index (χ3v) is 3.08. The van der Waals surface area contributed by atoms with Gasteiger partial charge in [-0.25, -0.2) is 9.50 Å². The largest absolute Gasteiger partial charge is 0.497 e. The predicted octanol–water partition coefficient (Wildman–Crippen LogP) is 2.34. The molecule has 0 aliphatic rings. The Bertz CT molecular complexity index is 737. The minimum absolute atomic E-state index is 0.668. The molecule has 0 radical (unpaired) electrons. The lowest BCUT2D eigenvalue weighted by atomic mass is 10.1. The third kappa shape index (κ3) is 2.42. The van der Waals surface area contributed by atoms with Crippen LogP contribution in [0.25, 0.3) is 5.65 Å². The molecule has 102 valence electrons. The van der Waals surface area contributed by atoms with Gasteiger partial charge in [0.1, 0.15) is 11.5 Å². The highest BCUT2D eigenvalue weighted by Gasteiger charge is 2.06. The van der Waals surface area contributed by atoms with Crippen LogP contribution in [0.4, 0.5) is 0 Å². The normalized spacial score (nSPS) is 10.7. The number of fused-ring (bicyclic) bond motifs is 1. The zero-order valence-corrected chi connectivity index (χ0v) is 11.4. The quantitative estimate of drug-likeness (QED) is 0.729. The van der Waals surface area contributed by atoms with Crippen molar-refractivity contribution in [3.8, 4) is 11.5 Å². The molecule has 0 N–H and O–H groups in total. The van der Waals surface area contributed by atoms with Crippen LogP contribution >= 0.6 is 0 Å². The molecule has 1 aromatic carbocycles. The lowest BCUT2D eigenvalue weighted by Gasteiger charge is -2.01. The van der Waals surface area contributed by atoms with Crippen LogP contribution in [0, 0.1) is 0 Å². The number of methoxy groups -OCH3 is 2. The van der Waals surface area contributed by atoms with Crippen LogP contribution in [-0.2, 0) is 6.42 Å². The van der Waals surface area contributed by atoms with Gasteiger partial charge < -0.3 is 9.47 Å². The molecule has 0 aliphatic carbocycles. The molecule has 0 amide bonds. The van der Waals surface area contributed by atoms with Gasteiger partial charge in [0.15, 0.2) is 11.5 Å². The van der Waals surface area contributed by atoms with Crippen LogP contribution in [0.3, 0.4) is 0 Å². The average Bonchev–Trinajstić information content (AvgIpc) is 2.88. The van der Waals surface area contributed by atoms with Gasteiger partial charge in [-0.2, -0.15) is 5.10 Å². The van der Waals surface area contributed by atoms with Crippen molar-refractivity contribution in [1.29, 1.82) is 0 Å². The molecule has 20 heavy (non-hydrogen) atoms. The summed E-state index contributed by atoms with van der Waals surface area (Å²) in [5, 5.41) is 4.45. The second-order valence-corrected chi connectivity index (χ2v) is 4.43. The fourth-order valence-corrected chi connectivity index (χ4v) is 2.08. The molecule has 2 aromatic heterocycles. The maximum atomic E-state index is 5.22. The number of nitrogens with zero attached hydrogens (tertiary/aromatic N) is 3. The molecule has 3 aromatic rings. The first-order valence-corrected chi connectivity index (χ1v) is 6.31. The molecule has 3 rings (SSSR count). The van der Waals surface area contributed by atoms with Crippen LogP contribution in [0.1, 0.15) is 11.4 Å². The molecule has 0 aliphatic heterocycles. The van der Waals surface area contributed by atoms with E-state index in [2.05, 4.69) is 10.1 Å². The first-order chi connectivity index (χ1) is 9.78. The molecule has 0 bridgehead atoms. The minimum atomic E-state index is 0.668. The van der Waals surface area contributed by atoms with Crippen molar-refractivity contribution < 1.29 is 9.47 Å². The highest BCUT2D eigenvalue weighted by atomic mass is 16.5. The van der Waals surface area contributed by atoms with E-state index in [4.69, 9.17) is 9.47 Å². The van der Waals surface area contributed by atoms with E-state index >= 15 is 0 Å². The fourth-order valence-electron chi connectivity index (χ4n) is 2.08. The molecule has 0 atom stereocenters. The monoisotopic (exact) mass is 269 g/mol. The van der Waals surface area contributed by atoms with Gasteiger partial charge >= 0.3 is 0 Å². The summed E-state index contributed by atoms with van der Waals surface area (Å²) in [6.45, 7) is 0. The van der Waals surface area contributed by atoms with Crippen molar-refractivity contribution in [3.63, 3.8) is 0 Å². The molecule has 5 nitrogen and oxygen atoms in total. The first-order valence-electron chi connectivity index (χ1n) is 6.31. The SMILES string of the molecule is COc1cccc(Cc2nc3cc(OC)ccn3n2)c1. The Hall–Kier alpha value is -2.56. The van der Waals surface area contributed by atoms with Gasteiger partial charge in [-0.3, -0.25) is 0 Å². The van der Waals surface area contributed by atoms with Crippen LogP contribution in [-0.4, -0.2) is 28.8 Å². The molecule has 0 saturated carbocycles. The van der Waals surface area contributed by atoms with E-state index in [-0.39, 0.29) is 0 Å². The zero-order valence-electron chi connectivity index (χ0n) is 11.4. The topological polar surface area (TPSA) is 48.7 Å². The summed E-state index contributed by atoms with van der Waals surface area (Å²) in [5.74, 6) is 2.39. The van der Waals surface area contributed by atoms with E-state index < -0.39 is 0 Å². The van der Waals surface area contributed by atoms with E-state index in [1.54, 1.807) is 18.7 Å². The van der Waals surface area contributed by atoms with Crippen molar-refractivity contribution in [2.45, 2.75) is 6.42 Å². The van der Waals surface area contributed by atoms with E-state index in [1.165, 1.54) is 0 Å². The number of rotatable bonds is 4. The molecular weight excluding hydrogens is 254 g/mol. The molecule has 0 fully saturated rings. The average molecular weight is 269 g/mol.